The highest BCUT2D eigenvalue weighted by Gasteiger charge is 2.24. The van der Waals surface area contributed by atoms with E-state index in [1.807, 2.05) is 0 Å². The summed E-state index contributed by atoms with van der Waals surface area (Å²) in [4.78, 5) is 11.3. The normalized spacial score (nSPS) is 12.0. The fraction of sp³-hybridized carbons (Fsp3) is 0.0625. The van der Waals surface area contributed by atoms with Gasteiger partial charge < -0.3 is 5.32 Å². The van der Waals surface area contributed by atoms with E-state index in [1.165, 1.54) is 48.5 Å². The van der Waals surface area contributed by atoms with Crippen molar-refractivity contribution in [3.8, 4) is 0 Å². The Morgan fingerprint density at radius 1 is 1.09 bits per heavy atom. The number of nitrogens with one attached hydrogen (secondary N) is 1. The lowest BCUT2D eigenvalue weighted by Gasteiger charge is -2.08. The van der Waals surface area contributed by atoms with Crippen molar-refractivity contribution in [3.05, 3.63) is 70.5 Å². The predicted octanol–water partition coefficient (Wildman–Crippen LogP) is 3.80. The number of carbonyl (C=O) groups is 1. The molecule has 0 heterocycles. The lowest BCUT2D eigenvalue weighted by molar-refractivity contribution is -0.113. The Balaban J connectivity index is 2.37. The number of rotatable bonds is 5. The molecule has 0 spiro atoms. The fourth-order valence-electron chi connectivity index (χ4n) is 1.80. The minimum atomic E-state index is -3.98. The molecule has 0 aromatic heterocycles. The van der Waals surface area contributed by atoms with Crippen molar-refractivity contribution in [3.63, 3.8) is 0 Å². The summed E-state index contributed by atoms with van der Waals surface area (Å²) >= 11 is 5.74. The van der Waals surface area contributed by atoms with Crippen LogP contribution >= 0.6 is 11.6 Å². The smallest absolute Gasteiger partial charge is 0.211 e. The highest BCUT2D eigenvalue weighted by Crippen LogP contribution is 2.22. The van der Waals surface area contributed by atoms with E-state index in [1.54, 1.807) is 0 Å². The number of sulfone groups is 1. The van der Waals surface area contributed by atoms with Gasteiger partial charge in [-0.2, -0.15) is 0 Å². The zero-order valence-electron chi connectivity index (χ0n) is 12.1. The Labute approximate surface area is 138 Å². The number of carbonyl (C=O) groups excluding carboxylic acids is 1. The van der Waals surface area contributed by atoms with Gasteiger partial charge in [0.1, 0.15) is 10.7 Å². The molecule has 0 aliphatic carbocycles. The molecule has 0 saturated heterocycles. The first-order valence-electron chi connectivity index (χ1n) is 6.54. The maximum absolute atomic E-state index is 12.9. The van der Waals surface area contributed by atoms with Gasteiger partial charge in [0.15, 0.2) is 5.78 Å². The van der Waals surface area contributed by atoms with Crippen molar-refractivity contribution in [2.75, 3.05) is 5.32 Å². The molecule has 23 heavy (non-hydrogen) atoms. The van der Waals surface area contributed by atoms with Crippen LogP contribution in [-0.2, 0) is 14.6 Å². The van der Waals surface area contributed by atoms with Crippen LogP contribution < -0.4 is 5.32 Å². The van der Waals surface area contributed by atoms with Gasteiger partial charge in [-0.3, -0.25) is 4.79 Å². The Bertz CT molecular complexity index is 844. The highest BCUT2D eigenvalue weighted by molar-refractivity contribution is 7.96. The minimum absolute atomic E-state index is 0.0377. The van der Waals surface area contributed by atoms with Gasteiger partial charge in [-0.1, -0.05) is 11.6 Å². The lowest BCUT2D eigenvalue weighted by Crippen LogP contribution is -2.13. The van der Waals surface area contributed by atoms with Gasteiger partial charge in [-0.25, -0.2) is 12.8 Å². The second-order valence-electron chi connectivity index (χ2n) is 4.67. The standard InChI is InChI=1S/C16H13ClFNO3S/c1-11(20)16(10-19-14-6-4-13(18)5-7-14)23(21,22)15-8-2-12(17)3-9-15/h2-10,19H,1H3. The average molecular weight is 354 g/mol. The van der Waals surface area contributed by atoms with Crippen LogP contribution in [0.3, 0.4) is 0 Å². The molecule has 7 heteroatoms. The third-order valence-electron chi connectivity index (χ3n) is 2.97. The van der Waals surface area contributed by atoms with E-state index >= 15 is 0 Å². The summed E-state index contributed by atoms with van der Waals surface area (Å²) in [6.07, 6.45) is 1.10. The molecule has 4 nitrogen and oxygen atoms in total. The van der Waals surface area contributed by atoms with E-state index < -0.39 is 26.3 Å². The van der Waals surface area contributed by atoms with Crippen molar-refractivity contribution >= 4 is 32.9 Å². The number of allylic oxidation sites excluding steroid dienone is 1. The molecule has 0 aliphatic heterocycles. The summed E-state index contributed by atoms with van der Waals surface area (Å²) in [6.45, 7) is 1.16. The molecule has 1 N–H and O–H groups in total. The summed E-state index contributed by atoms with van der Waals surface area (Å²) < 4.78 is 37.9. The van der Waals surface area contributed by atoms with E-state index in [-0.39, 0.29) is 4.90 Å². The van der Waals surface area contributed by atoms with Crippen LogP contribution in [0.2, 0.25) is 5.02 Å². The van der Waals surface area contributed by atoms with Gasteiger partial charge in [-0.15, -0.1) is 0 Å². The van der Waals surface area contributed by atoms with Gasteiger partial charge in [0, 0.05) is 16.9 Å². The van der Waals surface area contributed by atoms with Crippen LogP contribution in [-0.4, -0.2) is 14.2 Å². The first-order valence-corrected chi connectivity index (χ1v) is 8.40. The number of anilines is 1. The van der Waals surface area contributed by atoms with Gasteiger partial charge >= 0.3 is 0 Å². The summed E-state index contributed by atoms with van der Waals surface area (Å²) in [7, 11) is -3.98. The summed E-state index contributed by atoms with van der Waals surface area (Å²) in [5, 5.41) is 3.08. The number of Topliss-reactive ketones (excluding diaryl/α,β-unsaturated/α-hetero) is 1. The van der Waals surface area contributed by atoms with Crippen molar-refractivity contribution in [1.29, 1.82) is 0 Å². The SMILES string of the molecule is CC(=O)C(=CNc1ccc(F)cc1)S(=O)(=O)c1ccc(Cl)cc1. The fourth-order valence-corrected chi connectivity index (χ4v) is 3.27. The lowest BCUT2D eigenvalue weighted by atomic mass is 10.3. The third-order valence-corrected chi connectivity index (χ3v) is 5.10. The molecule has 0 atom stereocenters. The van der Waals surface area contributed by atoms with Crippen molar-refractivity contribution in [2.24, 2.45) is 0 Å². The van der Waals surface area contributed by atoms with Crippen LogP contribution in [0.15, 0.2) is 64.5 Å². The molecule has 0 bridgehead atoms. The molecule has 120 valence electrons. The van der Waals surface area contributed by atoms with E-state index in [9.17, 15) is 17.6 Å². The van der Waals surface area contributed by atoms with Crippen molar-refractivity contribution < 1.29 is 17.6 Å². The van der Waals surface area contributed by atoms with Crippen LogP contribution in [0.4, 0.5) is 10.1 Å². The Morgan fingerprint density at radius 3 is 2.17 bits per heavy atom. The first kappa shape index (κ1) is 17.2. The zero-order valence-corrected chi connectivity index (χ0v) is 13.7. The summed E-state index contributed by atoms with van der Waals surface area (Å²) in [6, 6.07) is 10.8. The molecular weight excluding hydrogens is 341 g/mol. The quantitative estimate of drug-likeness (QED) is 0.830. The Morgan fingerprint density at radius 2 is 1.65 bits per heavy atom. The molecule has 2 aromatic carbocycles. The van der Waals surface area contributed by atoms with E-state index in [2.05, 4.69) is 5.32 Å². The van der Waals surface area contributed by atoms with E-state index in [0.717, 1.165) is 13.1 Å². The average Bonchev–Trinajstić information content (AvgIpc) is 2.49. The van der Waals surface area contributed by atoms with E-state index in [0.29, 0.717) is 10.7 Å². The molecular formula is C16H13ClFNO3S. The molecule has 0 saturated carbocycles. The summed E-state index contributed by atoms with van der Waals surface area (Å²) in [5.74, 6) is -1.03. The molecule has 2 aromatic rings. The number of hydrogen-bond acceptors (Lipinski definition) is 4. The Kier molecular flexibility index (Phi) is 5.18. The largest absolute Gasteiger partial charge is 0.360 e. The van der Waals surface area contributed by atoms with Gasteiger partial charge in [-0.05, 0) is 55.5 Å². The first-order chi connectivity index (χ1) is 10.8. The second-order valence-corrected chi connectivity index (χ2v) is 7.03. The number of benzene rings is 2. The molecule has 2 rings (SSSR count). The third kappa shape index (κ3) is 4.18. The van der Waals surface area contributed by atoms with Gasteiger partial charge in [0.25, 0.3) is 0 Å². The topological polar surface area (TPSA) is 63.2 Å². The van der Waals surface area contributed by atoms with Gasteiger partial charge in [0.05, 0.1) is 4.90 Å². The zero-order chi connectivity index (χ0) is 17.0. The Hall–Kier alpha value is -2.18. The minimum Gasteiger partial charge on any atom is -0.360 e. The highest BCUT2D eigenvalue weighted by atomic mass is 35.5. The maximum atomic E-state index is 12.9. The molecule has 0 radical (unpaired) electrons. The monoisotopic (exact) mass is 353 g/mol. The van der Waals surface area contributed by atoms with Crippen molar-refractivity contribution in [1.82, 2.24) is 0 Å². The van der Waals surface area contributed by atoms with Gasteiger partial charge in [0.2, 0.25) is 9.84 Å². The van der Waals surface area contributed by atoms with Crippen LogP contribution in [0.5, 0.6) is 0 Å². The molecule has 0 amide bonds. The number of halogens is 2. The van der Waals surface area contributed by atoms with E-state index in [4.69, 9.17) is 11.6 Å². The molecule has 0 fully saturated rings. The summed E-state index contributed by atoms with van der Waals surface area (Å²) in [5.41, 5.74) is 0.455. The predicted molar refractivity (Wildman–Crippen MR) is 87.4 cm³/mol. The van der Waals surface area contributed by atoms with Crippen molar-refractivity contribution in [2.45, 2.75) is 11.8 Å². The maximum Gasteiger partial charge on any atom is 0.211 e. The van der Waals surface area contributed by atoms with Crippen LogP contribution in [0.1, 0.15) is 6.92 Å². The van der Waals surface area contributed by atoms with Crippen LogP contribution in [0.25, 0.3) is 0 Å². The molecule has 0 aliphatic rings. The van der Waals surface area contributed by atoms with Crippen LogP contribution in [0, 0.1) is 5.82 Å². The number of hydrogen-bond donors (Lipinski definition) is 1. The number of ketones is 1. The second kappa shape index (κ2) is 6.93. The molecule has 0 unspecified atom stereocenters.